The van der Waals surface area contributed by atoms with Crippen molar-refractivity contribution in [2.75, 3.05) is 24.5 Å². The fourth-order valence-corrected chi connectivity index (χ4v) is 3.23. The van der Waals surface area contributed by atoms with Gasteiger partial charge in [-0.3, -0.25) is 9.69 Å². The smallest absolute Gasteiger partial charge is 0.244 e. The number of aryl methyl sites for hydroxylation is 1. The van der Waals surface area contributed by atoms with Crippen molar-refractivity contribution in [1.82, 2.24) is 4.90 Å². The maximum Gasteiger partial charge on any atom is 0.244 e. The second kappa shape index (κ2) is 5.54. The number of β-amino-alcohol motifs (C(OH)–C–C–N with tert-alkyl or cyclic N) is 1. The maximum atomic E-state index is 12.7. The highest BCUT2D eigenvalue weighted by atomic mass is 16.3. The predicted octanol–water partition coefficient (Wildman–Crippen LogP) is 1.56. The van der Waals surface area contributed by atoms with E-state index < -0.39 is 0 Å². The van der Waals surface area contributed by atoms with Crippen molar-refractivity contribution in [2.45, 2.75) is 38.3 Å². The Morgan fingerprint density at radius 3 is 2.55 bits per heavy atom. The molecule has 1 aromatic rings. The van der Waals surface area contributed by atoms with Crippen LogP contribution < -0.4 is 4.90 Å². The minimum Gasteiger partial charge on any atom is -0.392 e. The normalized spacial score (nSPS) is 28.1. The van der Waals surface area contributed by atoms with E-state index in [1.807, 2.05) is 29.2 Å². The molecular weight excluding hydrogens is 252 g/mol. The first-order valence-corrected chi connectivity index (χ1v) is 7.45. The van der Waals surface area contributed by atoms with Crippen molar-refractivity contribution < 1.29 is 9.90 Å². The summed E-state index contributed by atoms with van der Waals surface area (Å²) in [7, 11) is 0. The van der Waals surface area contributed by atoms with E-state index in [9.17, 15) is 9.90 Å². The third-order valence-corrected chi connectivity index (χ3v) is 4.39. The first kappa shape index (κ1) is 13.6. The van der Waals surface area contributed by atoms with Crippen LogP contribution in [0.5, 0.6) is 0 Å². The van der Waals surface area contributed by atoms with Crippen LogP contribution in [-0.2, 0) is 4.79 Å². The van der Waals surface area contributed by atoms with E-state index in [1.54, 1.807) is 0 Å². The molecule has 2 fully saturated rings. The van der Waals surface area contributed by atoms with E-state index >= 15 is 0 Å². The van der Waals surface area contributed by atoms with E-state index in [4.69, 9.17) is 0 Å². The van der Waals surface area contributed by atoms with Gasteiger partial charge in [0.05, 0.1) is 12.1 Å². The minimum atomic E-state index is -0.266. The zero-order valence-corrected chi connectivity index (χ0v) is 12.0. The number of benzene rings is 1. The molecule has 1 aromatic carbocycles. The number of hydrogen-bond donors (Lipinski definition) is 1. The molecule has 0 bridgehead atoms. The lowest BCUT2D eigenvalue weighted by Crippen LogP contribution is -2.52. The molecule has 20 heavy (non-hydrogen) atoms. The molecule has 4 nitrogen and oxygen atoms in total. The number of amides is 1. The molecule has 0 aromatic heterocycles. The highest BCUT2D eigenvalue weighted by molar-refractivity contribution is 5.97. The number of piperidine rings is 1. The molecule has 0 spiro atoms. The average molecular weight is 274 g/mol. The molecule has 4 heteroatoms. The molecule has 1 N–H and O–H groups in total. The summed E-state index contributed by atoms with van der Waals surface area (Å²) in [6, 6.07) is 8.09. The van der Waals surface area contributed by atoms with Gasteiger partial charge in [-0.05, 0) is 38.3 Å². The topological polar surface area (TPSA) is 43.8 Å². The van der Waals surface area contributed by atoms with E-state index in [0.29, 0.717) is 6.54 Å². The van der Waals surface area contributed by atoms with Crippen LogP contribution in [0.4, 0.5) is 5.69 Å². The molecule has 1 amide bonds. The van der Waals surface area contributed by atoms with Crippen LogP contribution in [0.2, 0.25) is 0 Å². The lowest BCUT2D eigenvalue weighted by Gasteiger charge is -2.36. The summed E-state index contributed by atoms with van der Waals surface area (Å²) < 4.78 is 0. The molecular formula is C16H22N2O2. The van der Waals surface area contributed by atoms with Gasteiger partial charge in [0, 0.05) is 25.3 Å². The number of hydrogen-bond acceptors (Lipinski definition) is 3. The number of anilines is 1. The van der Waals surface area contributed by atoms with Crippen LogP contribution in [-0.4, -0.2) is 47.7 Å². The Morgan fingerprint density at radius 1 is 1.15 bits per heavy atom. The standard InChI is InChI=1S/C16H22N2O2/c1-12-4-6-13(7-5-12)18-9-2-3-15(16(18)20)17-10-8-14(19)11-17/h4-7,14-15,19H,2-3,8-11H2,1H3/t14-,15?/m1/s1. The molecule has 3 rings (SSSR count). The molecule has 2 aliphatic rings. The van der Waals surface area contributed by atoms with E-state index in [1.165, 1.54) is 5.56 Å². The molecule has 1 unspecified atom stereocenters. The number of likely N-dealkylation sites (tertiary alicyclic amines) is 1. The lowest BCUT2D eigenvalue weighted by atomic mass is 10.0. The van der Waals surface area contributed by atoms with Gasteiger partial charge in [-0.2, -0.15) is 0 Å². The van der Waals surface area contributed by atoms with Crippen molar-refractivity contribution in [3.8, 4) is 0 Å². The van der Waals surface area contributed by atoms with Gasteiger partial charge in [-0.1, -0.05) is 17.7 Å². The molecule has 2 heterocycles. The van der Waals surface area contributed by atoms with E-state index in [0.717, 1.165) is 38.0 Å². The summed E-state index contributed by atoms with van der Waals surface area (Å²) in [4.78, 5) is 16.8. The number of carbonyl (C=O) groups is 1. The van der Waals surface area contributed by atoms with Crippen LogP contribution in [0.25, 0.3) is 0 Å². The number of nitrogens with zero attached hydrogens (tertiary/aromatic N) is 2. The third-order valence-electron chi connectivity index (χ3n) is 4.39. The van der Waals surface area contributed by atoms with Gasteiger partial charge in [0.1, 0.15) is 0 Å². The molecule has 0 saturated carbocycles. The molecule has 2 aliphatic heterocycles. The van der Waals surface area contributed by atoms with Gasteiger partial charge >= 0.3 is 0 Å². The lowest BCUT2D eigenvalue weighted by molar-refractivity contribution is -0.125. The fraction of sp³-hybridized carbons (Fsp3) is 0.562. The van der Waals surface area contributed by atoms with Crippen molar-refractivity contribution in [2.24, 2.45) is 0 Å². The van der Waals surface area contributed by atoms with Crippen LogP contribution >= 0.6 is 0 Å². The Balaban J connectivity index is 1.76. The fourth-order valence-electron chi connectivity index (χ4n) is 3.23. The van der Waals surface area contributed by atoms with Crippen LogP contribution in [0.1, 0.15) is 24.8 Å². The van der Waals surface area contributed by atoms with Crippen molar-refractivity contribution in [3.05, 3.63) is 29.8 Å². The Hall–Kier alpha value is -1.39. The first-order chi connectivity index (χ1) is 9.65. The second-order valence-electron chi connectivity index (χ2n) is 5.92. The molecule has 0 aliphatic carbocycles. The Kier molecular flexibility index (Phi) is 3.76. The summed E-state index contributed by atoms with van der Waals surface area (Å²) in [6.07, 6.45) is 2.46. The predicted molar refractivity (Wildman–Crippen MR) is 78.8 cm³/mol. The van der Waals surface area contributed by atoms with Gasteiger partial charge in [0.2, 0.25) is 5.91 Å². The summed E-state index contributed by atoms with van der Waals surface area (Å²) in [5.74, 6) is 0.189. The van der Waals surface area contributed by atoms with Crippen LogP contribution in [0, 0.1) is 6.92 Å². The molecule has 0 radical (unpaired) electrons. The summed E-state index contributed by atoms with van der Waals surface area (Å²) in [5, 5.41) is 9.66. The number of rotatable bonds is 2. The third kappa shape index (κ3) is 2.58. The summed E-state index contributed by atoms with van der Waals surface area (Å²) in [5.41, 5.74) is 2.20. The monoisotopic (exact) mass is 274 g/mol. The van der Waals surface area contributed by atoms with Crippen molar-refractivity contribution in [1.29, 1.82) is 0 Å². The van der Waals surface area contributed by atoms with Crippen LogP contribution in [0.3, 0.4) is 0 Å². The number of carbonyl (C=O) groups excluding carboxylic acids is 1. The number of aliphatic hydroxyl groups is 1. The Bertz CT molecular complexity index is 486. The first-order valence-electron chi connectivity index (χ1n) is 7.45. The van der Waals surface area contributed by atoms with Crippen molar-refractivity contribution >= 4 is 11.6 Å². The van der Waals surface area contributed by atoms with Gasteiger partial charge in [0.25, 0.3) is 0 Å². The molecule has 2 atom stereocenters. The largest absolute Gasteiger partial charge is 0.392 e. The number of aliphatic hydroxyl groups excluding tert-OH is 1. The Morgan fingerprint density at radius 2 is 1.90 bits per heavy atom. The quantitative estimate of drug-likeness (QED) is 0.890. The van der Waals surface area contributed by atoms with Gasteiger partial charge in [0.15, 0.2) is 0 Å². The van der Waals surface area contributed by atoms with Gasteiger partial charge in [-0.15, -0.1) is 0 Å². The average Bonchev–Trinajstić information content (AvgIpc) is 2.87. The zero-order chi connectivity index (χ0) is 14.1. The maximum absolute atomic E-state index is 12.7. The highest BCUT2D eigenvalue weighted by Gasteiger charge is 2.36. The summed E-state index contributed by atoms with van der Waals surface area (Å²) >= 11 is 0. The highest BCUT2D eigenvalue weighted by Crippen LogP contribution is 2.26. The van der Waals surface area contributed by atoms with Gasteiger partial charge in [-0.25, -0.2) is 0 Å². The zero-order valence-electron chi connectivity index (χ0n) is 12.0. The van der Waals surface area contributed by atoms with Gasteiger partial charge < -0.3 is 10.0 Å². The SMILES string of the molecule is Cc1ccc(N2CCCC(N3CC[C@@H](O)C3)C2=O)cc1. The van der Waals surface area contributed by atoms with Crippen molar-refractivity contribution in [3.63, 3.8) is 0 Å². The molecule has 108 valence electrons. The summed E-state index contributed by atoms with van der Waals surface area (Å²) in [6.45, 7) is 4.32. The molecule has 2 saturated heterocycles. The van der Waals surface area contributed by atoms with Crippen LogP contribution in [0.15, 0.2) is 24.3 Å². The second-order valence-corrected chi connectivity index (χ2v) is 5.92. The Labute approximate surface area is 120 Å². The minimum absolute atomic E-state index is 0.0535. The van der Waals surface area contributed by atoms with E-state index in [2.05, 4.69) is 11.8 Å². The van der Waals surface area contributed by atoms with E-state index in [-0.39, 0.29) is 18.1 Å².